The van der Waals surface area contributed by atoms with Gasteiger partial charge in [-0.3, -0.25) is 4.79 Å². The van der Waals surface area contributed by atoms with Crippen molar-refractivity contribution in [2.45, 2.75) is 50.2 Å². The van der Waals surface area contributed by atoms with Gasteiger partial charge in [0.05, 0.1) is 18.0 Å². The highest BCUT2D eigenvalue weighted by Crippen LogP contribution is 2.50. The third-order valence-electron chi connectivity index (χ3n) is 5.54. The van der Waals surface area contributed by atoms with Gasteiger partial charge in [0.15, 0.2) is 0 Å². The zero-order valence-electron chi connectivity index (χ0n) is 14.5. The molecular formula is C19H27NO3S. The molecular weight excluding hydrogens is 322 g/mol. The zero-order valence-corrected chi connectivity index (χ0v) is 15.3. The SMILES string of the molecule is CCO[C@@H]1C[C@@H](O)C12CCN(C(=O)CSc1ccc(C)cc1)CC2. The number of carbonyl (C=O) groups excluding carboxylic acids is 1. The van der Waals surface area contributed by atoms with Gasteiger partial charge < -0.3 is 14.7 Å². The highest BCUT2D eigenvalue weighted by Gasteiger charge is 2.56. The first-order chi connectivity index (χ1) is 11.5. The number of aryl methyl sites for hydroxylation is 1. The Bertz CT molecular complexity index is 564. The van der Waals surface area contributed by atoms with Crippen LogP contribution in [0.3, 0.4) is 0 Å². The van der Waals surface area contributed by atoms with E-state index < -0.39 is 0 Å². The third-order valence-corrected chi connectivity index (χ3v) is 6.54. The van der Waals surface area contributed by atoms with E-state index in [1.165, 1.54) is 5.56 Å². The summed E-state index contributed by atoms with van der Waals surface area (Å²) in [6.07, 6.45) is 2.33. The maximum atomic E-state index is 12.5. The van der Waals surface area contributed by atoms with Crippen LogP contribution in [0.2, 0.25) is 0 Å². The van der Waals surface area contributed by atoms with Gasteiger partial charge in [0.25, 0.3) is 0 Å². The van der Waals surface area contributed by atoms with Crippen molar-refractivity contribution in [2.75, 3.05) is 25.4 Å². The first kappa shape index (κ1) is 17.8. The van der Waals surface area contributed by atoms with Crippen LogP contribution in [0.25, 0.3) is 0 Å². The van der Waals surface area contributed by atoms with Gasteiger partial charge in [-0.25, -0.2) is 0 Å². The largest absolute Gasteiger partial charge is 0.392 e. The molecule has 0 radical (unpaired) electrons. The Kier molecular flexibility index (Phi) is 5.52. The number of ether oxygens (including phenoxy) is 1. The Labute approximate surface area is 148 Å². The van der Waals surface area contributed by atoms with Gasteiger partial charge in [-0.2, -0.15) is 0 Å². The number of thioether (sulfide) groups is 1. The number of aliphatic hydroxyl groups excluding tert-OH is 1. The minimum absolute atomic E-state index is 0.114. The van der Waals surface area contributed by atoms with E-state index in [-0.39, 0.29) is 23.5 Å². The summed E-state index contributed by atoms with van der Waals surface area (Å²) in [6.45, 7) is 6.21. The molecule has 5 heteroatoms. The fourth-order valence-corrected chi connectivity index (χ4v) is 4.66. The second kappa shape index (κ2) is 7.46. The molecule has 1 aromatic rings. The van der Waals surface area contributed by atoms with Gasteiger partial charge in [0, 0.05) is 36.4 Å². The molecule has 1 saturated carbocycles. The molecule has 0 aromatic heterocycles. The van der Waals surface area contributed by atoms with E-state index in [0.29, 0.717) is 12.4 Å². The second-order valence-corrected chi connectivity index (χ2v) is 7.96. The van der Waals surface area contributed by atoms with E-state index in [1.54, 1.807) is 11.8 Å². The summed E-state index contributed by atoms with van der Waals surface area (Å²) < 4.78 is 5.78. The van der Waals surface area contributed by atoms with Crippen molar-refractivity contribution >= 4 is 17.7 Å². The highest BCUT2D eigenvalue weighted by atomic mass is 32.2. The number of benzene rings is 1. The maximum Gasteiger partial charge on any atom is 0.232 e. The zero-order chi connectivity index (χ0) is 17.2. The van der Waals surface area contributed by atoms with E-state index in [1.807, 2.05) is 11.8 Å². The molecule has 4 nitrogen and oxygen atoms in total. The summed E-state index contributed by atoms with van der Waals surface area (Å²) >= 11 is 1.59. The first-order valence-corrected chi connectivity index (χ1v) is 9.80. The lowest BCUT2D eigenvalue weighted by molar-refractivity contribution is -0.209. The van der Waals surface area contributed by atoms with Crippen LogP contribution in [0.5, 0.6) is 0 Å². The van der Waals surface area contributed by atoms with E-state index >= 15 is 0 Å². The molecule has 1 N–H and O–H groups in total. The van der Waals surface area contributed by atoms with Crippen LogP contribution in [-0.4, -0.2) is 53.6 Å². The van der Waals surface area contributed by atoms with Crippen LogP contribution in [0.15, 0.2) is 29.2 Å². The summed E-state index contributed by atoms with van der Waals surface area (Å²) in [7, 11) is 0. The van der Waals surface area contributed by atoms with Crippen LogP contribution in [0.4, 0.5) is 0 Å². The molecule has 1 aromatic carbocycles. The van der Waals surface area contributed by atoms with Crippen LogP contribution < -0.4 is 0 Å². The Morgan fingerprint density at radius 2 is 2.00 bits per heavy atom. The Morgan fingerprint density at radius 1 is 1.33 bits per heavy atom. The predicted molar refractivity (Wildman–Crippen MR) is 96.2 cm³/mol. The quantitative estimate of drug-likeness (QED) is 0.831. The fraction of sp³-hybridized carbons (Fsp3) is 0.632. The Balaban J connectivity index is 1.49. The van der Waals surface area contributed by atoms with Crippen molar-refractivity contribution in [3.8, 4) is 0 Å². The molecule has 1 aliphatic heterocycles. The number of carbonyl (C=O) groups is 1. The second-order valence-electron chi connectivity index (χ2n) is 6.91. The average molecular weight is 349 g/mol. The molecule has 1 heterocycles. The van der Waals surface area contributed by atoms with Gasteiger partial charge >= 0.3 is 0 Å². The average Bonchev–Trinajstić information content (AvgIpc) is 2.61. The topological polar surface area (TPSA) is 49.8 Å². The molecule has 2 atom stereocenters. The minimum Gasteiger partial charge on any atom is -0.392 e. The number of nitrogens with zero attached hydrogens (tertiary/aromatic N) is 1. The summed E-state index contributed by atoms with van der Waals surface area (Å²) in [6, 6.07) is 8.28. The lowest BCUT2D eigenvalue weighted by Crippen LogP contribution is -2.62. The molecule has 1 aliphatic carbocycles. The van der Waals surface area contributed by atoms with Crippen LogP contribution in [0.1, 0.15) is 31.7 Å². The summed E-state index contributed by atoms with van der Waals surface area (Å²) in [5.41, 5.74) is 1.12. The number of hydrogen-bond donors (Lipinski definition) is 1. The number of likely N-dealkylation sites (tertiary alicyclic amines) is 1. The summed E-state index contributed by atoms with van der Waals surface area (Å²) in [5.74, 6) is 0.672. The van der Waals surface area contributed by atoms with E-state index in [0.717, 1.165) is 37.2 Å². The molecule has 1 saturated heterocycles. The van der Waals surface area contributed by atoms with Crippen molar-refractivity contribution in [2.24, 2.45) is 5.41 Å². The fourth-order valence-electron chi connectivity index (χ4n) is 3.86. The Morgan fingerprint density at radius 3 is 2.58 bits per heavy atom. The van der Waals surface area contributed by atoms with Crippen LogP contribution in [-0.2, 0) is 9.53 Å². The molecule has 24 heavy (non-hydrogen) atoms. The van der Waals surface area contributed by atoms with Gasteiger partial charge in [-0.15, -0.1) is 11.8 Å². The van der Waals surface area contributed by atoms with Crippen molar-refractivity contribution in [1.29, 1.82) is 0 Å². The standard InChI is InChI=1S/C19H27NO3S/c1-3-23-17-12-16(21)19(17)8-10-20(11-9-19)18(22)13-24-15-6-4-14(2)5-7-15/h4-7,16-17,21H,3,8-13H2,1-2H3/t16-,17-/m1/s1. The molecule has 2 fully saturated rings. The van der Waals surface area contributed by atoms with Crippen molar-refractivity contribution < 1.29 is 14.6 Å². The number of piperidine rings is 1. The van der Waals surface area contributed by atoms with Crippen LogP contribution in [0, 0.1) is 12.3 Å². The predicted octanol–water partition coefficient (Wildman–Crippen LogP) is 2.87. The number of amides is 1. The lowest BCUT2D eigenvalue weighted by Gasteiger charge is -2.56. The lowest BCUT2D eigenvalue weighted by atomic mass is 9.58. The number of hydrogen-bond acceptors (Lipinski definition) is 4. The highest BCUT2D eigenvalue weighted by molar-refractivity contribution is 8.00. The molecule has 3 rings (SSSR count). The Hall–Kier alpha value is -1.04. The van der Waals surface area contributed by atoms with E-state index in [4.69, 9.17) is 4.74 Å². The van der Waals surface area contributed by atoms with Crippen molar-refractivity contribution in [3.05, 3.63) is 29.8 Å². The molecule has 1 amide bonds. The molecule has 132 valence electrons. The molecule has 0 unspecified atom stereocenters. The van der Waals surface area contributed by atoms with Crippen molar-refractivity contribution in [1.82, 2.24) is 4.90 Å². The number of aliphatic hydroxyl groups is 1. The van der Waals surface area contributed by atoms with Gasteiger partial charge in [0.1, 0.15) is 0 Å². The summed E-state index contributed by atoms with van der Waals surface area (Å²) in [5, 5.41) is 10.2. The summed E-state index contributed by atoms with van der Waals surface area (Å²) in [4.78, 5) is 15.5. The van der Waals surface area contributed by atoms with Crippen LogP contribution >= 0.6 is 11.8 Å². The third kappa shape index (κ3) is 3.48. The maximum absolute atomic E-state index is 12.5. The number of rotatable bonds is 5. The smallest absolute Gasteiger partial charge is 0.232 e. The van der Waals surface area contributed by atoms with E-state index in [2.05, 4.69) is 31.2 Å². The van der Waals surface area contributed by atoms with E-state index in [9.17, 15) is 9.90 Å². The first-order valence-electron chi connectivity index (χ1n) is 8.82. The minimum atomic E-state index is -0.270. The van der Waals surface area contributed by atoms with Gasteiger partial charge in [0.2, 0.25) is 5.91 Å². The monoisotopic (exact) mass is 349 g/mol. The van der Waals surface area contributed by atoms with Crippen molar-refractivity contribution in [3.63, 3.8) is 0 Å². The molecule has 0 bridgehead atoms. The van der Waals surface area contributed by atoms with Gasteiger partial charge in [-0.05, 0) is 38.8 Å². The molecule has 1 spiro atoms. The molecule has 2 aliphatic rings. The normalized spacial score (nSPS) is 25.5. The van der Waals surface area contributed by atoms with Gasteiger partial charge in [-0.1, -0.05) is 17.7 Å².